The van der Waals surface area contributed by atoms with E-state index in [0.717, 1.165) is 0 Å². The quantitative estimate of drug-likeness (QED) is 0.746. The van der Waals surface area contributed by atoms with Gasteiger partial charge in [-0.05, 0) is 27.7 Å². The fourth-order valence-electron chi connectivity index (χ4n) is 0.650. The highest BCUT2D eigenvalue weighted by Crippen LogP contribution is 2.32. The van der Waals surface area contributed by atoms with E-state index < -0.39 is 5.60 Å². The topological polar surface area (TPSA) is 38.3 Å². The van der Waals surface area contributed by atoms with Crippen LogP contribution in [-0.2, 0) is 4.74 Å². The van der Waals surface area contributed by atoms with Crippen LogP contribution in [0.5, 0.6) is 0 Å². The van der Waals surface area contributed by atoms with Crippen molar-refractivity contribution in [1.82, 2.24) is 5.32 Å². The predicted octanol–water partition coefficient (Wildman–Crippen LogP) is 2.95. The van der Waals surface area contributed by atoms with Crippen molar-refractivity contribution in [2.75, 3.05) is 0 Å². The number of hydrogen-bond donors (Lipinski definition) is 1. The third-order valence-corrected chi connectivity index (χ3v) is 2.56. The number of ether oxygens (including phenoxy) is 1. The molecule has 0 aliphatic carbocycles. The second-order valence-electron chi connectivity index (χ2n) is 5.45. The fraction of sp³-hybridized carbons (Fsp3) is 0.909. The molecule has 0 aromatic rings. The van der Waals surface area contributed by atoms with E-state index in [4.69, 9.17) is 4.74 Å². The normalized spacial score (nSPS) is 12.9. The Morgan fingerprint density at radius 3 is 1.86 bits per heavy atom. The summed E-state index contributed by atoms with van der Waals surface area (Å²) in [5.41, 5.74) is -0.534. The van der Waals surface area contributed by atoms with Crippen LogP contribution in [0.25, 0.3) is 0 Å². The molecule has 0 aromatic carbocycles. The second kappa shape index (κ2) is 4.20. The summed E-state index contributed by atoms with van der Waals surface area (Å²) in [6.07, 6.45) is -0.347. The molecule has 0 spiro atoms. The van der Waals surface area contributed by atoms with Crippen LogP contribution < -0.4 is 5.32 Å². The summed E-state index contributed by atoms with van der Waals surface area (Å²) in [7, 11) is 0. The van der Waals surface area contributed by atoms with E-state index in [-0.39, 0.29) is 17.6 Å². The van der Waals surface area contributed by atoms with Gasteiger partial charge < -0.3 is 10.1 Å². The van der Waals surface area contributed by atoms with Gasteiger partial charge >= 0.3 is 6.09 Å². The zero-order valence-corrected chi connectivity index (χ0v) is 10.4. The number of amides is 1. The third-order valence-electron chi connectivity index (χ3n) is 2.56. The molecule has 3 heteroatoms. The van der Waals surface area contributed by atoms with Crippen molar-refractivity contribution in [2.24, 2.45) is 5.41 Å². The van der Waals surface area contributed by atoms with E-state index in [1.165, 1.54) is 0 Å². The molecule has 0 atom stereocenters. The molecular formula is C11H23NO2. The zero-order valence-electron chi connectivity index (χ0n) is 10.4. The van der Waals surface area contributed by atoms with E-state index >= 15 is 0 Å². The van der Waals surface area contributed by atoms with Gasteiger partial charge in [0.05, 0.1) is 0 Å². The van der Waals surface area contributed by atoms with Gasteiger partial charge in [-0.15, -0.1) is 0 Å². The maximum atomic E-state index is 11.4. The molecule has 0 radical (unpaired) electrons. The van der Waals surface area contributed by atoms with Crippen LogP contribution in [-0.4, -0.2) is 17.7 Å². The molecule has 14 heavy (non-hydrogen) atoms. The number of carbonyl (C=O) groups is 1. The highest BCUT2D eigenvalue weighted by molar-refractivity contribution is 5.68. The smallest absolute Gasteiger partial charge is 0.407 e. The van der Waals surface area contributed by atoms with Gasteiger partial charge in [0, 0.05) is 11.5 Å². The fourth-order valence-corrected chi connectivity index (χ4v) is 0.650. The lowest BCUT2D eigenvalue weighted by molar-refractivity contribution is -0.0400. The molecule has 0 aliphatic rings. The summed E-state index contributed by atoms with van der Waals surface area (Å²) < 4.78 is 5.36. The van der Waals surface area contributed by atoms with Gasteiger partial charge in [-0.1, -0.05) is 20.8 Å². The summed E-state index contributed by atoms with van der Waals surface area (Å²) in [5.74, 6) is 0. The zero-order chi connectivity index (χ0) is 11.6. The van der Waals surface area contributed by atoms with Crippen LogP contribution in [0.2, 0.25) is 0 Å². The molecule has 1 N–H and O–H groups in total. The summed E-state index contributed by atoms with van der Waals surface area (Å²) >= 11 is 0. The van der Waals surface area contributed by atoms with Crippen molar-refractivity contribution in [3.8, 4) is 0 Å². The maximum Gasteiger partial charge on any atom is 0.407 e. The van der Waals surface area contributed by atoms with Crippen LogP contribution in [0.3, 0.4) is 0 Å². The summed E-state index contributed by atoms with van der Waals surface area (Å²) in [4.78, 5) is 11.4. The summed E-state index contributed by atoms with van der Waals surface area (Å²) in [6, 6.07) is 0.110. The first-order valence-electron chi connectivity index (χ1n) is 5.06. The van der Waals surface area contributed by atoms with Crippen LogP contribution in [0, 0.1) is 5.41 Å². The lowest BCUT2D eigenvalue weighted by Crippen LogP contribution is -2.45. The third kappa shape index (κ3) is 3.99. The number of carbonyl (C=O) groups excluding carboxylic acids is 1. The molecule has 84 valence electrons. The molecule has 3 nitrogen and oxygen atoms in total. The lowest BCUT2D eigenvalue weighted by atomic mass is 9.79. The van der Waals surface area contributed by atoms with Crippen molar-refractivity contribution in [3.05, 3.63) is 0 Å². The molecular weight excluding hydrogens is 178 g/mol. The lowest BCUT2D eigenvalue weighted by Gasteiger charge is -2.38. The molecule has 0 bridgehead atoms. The number of alkyl carbamates (subject to hydrolysis) is 1. The maximum absolute atomic E-state index is 11.4. The van der Waals surface area contributed by atoms with Crippen molar-refractivity contribution in [3.63, 3.8) is 0 Å². The molecule has 0 unspecified atom stereocenters. The van der Waals surface area contributed by atoms with Gasteiger partial charge in [0.25, 0.3) is 0 Å². The van der Waals surface area contributed by atoms with Gasteiger partial charge in [-0.25, -0.2) is 4.79 Å². The van der Waals surface area contributed by atoms with Gasteiger partial charge in [0.1, 0.15) is 5.60 Å². The Morgan fingerprint density at radius 2 is 1.57 bits per heavy atom. The monoisotopic (exact) mass is 201 g/mol. The molecule has 0 fully saturated rings. The predicted molar refractivity (Wildman–Crippen MR) is 58.3 cm³/mol. The van der Waals surface area contributed by atoms with E-state index in [9.17, 15) is 4.79 Å². The Hall–Kier alpha value is -0.730. The second-order valence-corrected chi connectivity index (χ2v) is 5.45. The first-order chi connectivity index (χ1) is 6.06. The highest BCUT2D eigenvalue weighted by atomic mass is 16.6. The van der Waals surface area contributed by atoms with Crippen LogP contribution in [0.15, 0.2) is 0 Å². The van der Waals surface area contributed by atoms with E-state index in [1.807, 2.05) is 27.7 Å². The molecule has 0 rings (SSSR count). The molecule has 1 amide bonds. The largest absolute Gasteiger partial charge is 0.443 e. The number of nitrogens with one attached hydrogen (secondary N) is 1. The summed E-state index contributed by atoms with van der Waals surface area (Å²) in [5, 5.41) is 2.71. The Morgan fingerprint density at radius 1 is 1.14 bits per heavy atom. The minimum absolute atomic E-state index is 0.0681. The molecule has 0 heterocycles. The SMILES string of the molecule is CC(C)NC(=O)OC(C)(C)C(C)(C)C. The van der Waals surface area contributed by atoms with E-state index in [0.29, 0.717) is 0 Å². The number of rotatable bonds is 2. The van der Waals surface area contributed by atoms with Gasteiger partial charge in [-0.2, -0.15) is 0 Å². The minimum Gasteiger partial charge on any atom is -0.443 e. The Balaban J connectivity index is 4.30. The Bertz CT molecular complexity index is 202. The molecule has 0 saturated heterocycles. The molecule has 0 aromatic heterocycles. The van der Waals surface area contributed by atoms with Crippen LogP contribution in [0.1, 0.15) is 48.5 Å². The molecule has 0 saturated carbocycles. The van der Waals surface area contributed by atoms with Crippen LogP contribution >= 0.6 is 0 Å². The Kier molecular flexibility index (Phi) is 3.98. The average molecular weight is 201 g/mol. The van der Waals surface area contributed by atoms with Crippen molar-refractivity contribution in [1.29, 1.82) is 0 Å². The van der Waals surface area contributed by atoms with Crippen molar-refractivity contribution < 1.29 is 9.53 Å². The van der Waals surface area contributed by atoms with Gasteiger partial charge in [-0.3, -0.25) is 0 Å². The van der Waals surface area contributed by atoms with E-state index in [1.54, 1.807) is 0 Å². The first-order valence-corrected chi connectivity index (χ1v) is 5.06. The van der Waals surface area contributed by atoms with Gasteiger partial charge in [0.15, 0.2) is 0 Å². The van der Waals surface area contributed by atoms with Crippen LogP contribution in [0.4, 0.5) is 4.79 Å². The average Bonchev–Trinajstić information content (AvgIpc) is 1.79. The highest BCUT2D eigenvalue weighted by Gasteiger charge is 2.36. The minimum atomic E-state index is -0.466. The molecule has 0 aliphatic heterocycles. The first kappa shape index (κ1) is 13.3. The van der Waals surface area contributed by atoms with Gasteiger partial charge in [0.2, 0.25) is 0 Å². The van der Waals surface area contributed by atoms with Crippen molar-refractivity contribution >= 4 is 6.09 Å². The number of hydrogen-bond acceptors (Lipinski definition) is 2. The standard InChI is InChI=1S/C11H23NO2/c1-8(2)12-9(13)14-11(6,7)10(3,4)5/h8H,1-7H3,(H,12,13). The van der Waals surface area contributed by atoms with Crippen molar-refractivity contribution in [2.45, 2.75) is 60.1 Å². The Labute approximate surface area is 87.2 Å². The summed E-state index contributed by atoms with van der Waals surface area (Å²) in [6.45, 7) is 13.8. The van der Waals surface area contributed by atoms with E-state index in [2.05, 4.69) is 26.1 Å².